The molecule has 3 rings (SSSR count). The zero-order valence-electron chi connectivity index (χ0n) is 25.0. The van der Waals surface area contributed by atoms with Crippen LogP contribution in [-0.4, -0.2) is 40.0 Å². The molecule has 1 N–H and O–H groups in total. The predicted molar refractivity (Wildman–Crippen MR) is 162 cm³/mol. The summed E-state index contributed by atoms with van der Waals surface area (Å²) in [5.41, 5.74) is -0.258. The van der Waals surface area contributed by atoms with Gasteiger partial charge in [0, 0.05) is 18.0 Å². The van der Waals surface area contributed by atoms with E-state index in [-0.39, 0.29) is 44.5 Å². The van der Waals surface area contributed by atoms with Gasteiger partial charge in [0.05, 0.1) is 21.2 Å². The summed E-state index contributed by atoms with van der Waals surface area (Å²) < 4.78 is 48.1. The Labute approximate surface area is 264 Å². The van der Waals surface area contributed by atoms with Gasteiger partial charge in [0.25, 0.3) is 0 Å². The van der Waals surface area contributed by atoms with Crippen LogP contribution in [0.15, 0.2) is 66.7 Å². The summed E-state index contributed by atoms with van der Waals surface area (Å²) in [5, 5.41) is 8.46. The average molecular weight is 657 g/mol. The van der Waals surface area contributed by atoms with Gasteiger partial charge < -0.3 is 19.5 Å². The molecule has 0 saturated heterocycles. The maximum absolute atomic E-state index is 12.7. The molecular weight excluding hydrogens is 622 g/mol. The monoisotopic (exact) mass is 655 g/mol. The summed E-state index contributed by atoms with van der Waals surface area (Å²) in [6.45, 7) is 11.9. The van der Waals surface area contributed by atoms with Crippen molar-refractivity contribution in [1.29, 1.82) is 0 Å². The second kappa shape index (κ2) is 15.3. The first kappa shape index (κ1) is 36.4. The summed E-state index contributed by atoms with van der Waals surface area (Å²) in [7, 11) is 0. The first-order valence-electron chi connectivity index (χ1n) is 13.4. The van der Waals surface area contributed by atoms with Gasteiger partial charge in [-0.25, -0.2) is 9.59 Å². The molecule has 0 unspecified atom stereocenters. The molecule has 0 saturated carbocycles. The molecule has 0 spiro atoms. The van der Waals surface area contributed by atoms with E-state index in [9.17, 15) is 27.6 Å². The Bertz CT molecular complexity index is 1460. The number of ether oxygens (including phenoxy) is 2. The quantitative estimate of drug-likeness (QED) is 0.244. The highest BCUT2D eigenvalue weighted by atomic mass is 35.5. The van der Waals surface area contributed by atoms with E-state index in [0.717, 1.165) is 25.1 Å². The van der Waals surface area contributed by atoms with E-state index in [0.29, 0.717) is 12.6 Å². The van der Waals surface area contributed by atoms with Gasteiger partial charge in [-0.3, -0.25) is 4.79 Å². The number of aliphatic carboxylic acids is 1. The minimum Gasteiger partial charge on any atom is -0.479 e. The highest BCUT2D eigenvalue weighted by molar-refractivity contribution is 6.33. The minimum atomic E-state index is -4.56. The van der Waals surface area contributed by atoms with E-state index < -0.39 is 29.8 Å². The lowest BCUT2D eigenvalue weighted by molar-refractivity contribution is -0.146. The lowest BCUT2D eigenvalue weighted by atomic mass is 9.93. The molecule has 0 aliphatic heterocycles. The number of rotatable bonds is 8. The maximum atomic E-state index is 12.7. The molecule has 1 atom stereocenters. The number of alkyl halides is 3. The number of carboxylic acids is 1. The molecule has 0 radical (unpaired) electrons. The van der Waals surface area contributed by atoms with Crippen molar-refractivity contribution < 1.29 is 42.1 Å². The van der Waals surface area contributed by atoms with Crippen molar-refractivity contribution in [3.8, 4) is 11.5 Å². The molecule has 238 valence electrons. The standard InChI is InChI=1S/C17H11Cl2F3O5.C15H23NO/c1-8(15(23)24)26-16(25)11-7-10(3-4-12(11)18)27-14-5-2-9(6-13(14)19)17(20,21)22;1-12(2)16(14(17)15(3,4)5)11-13-9-7-6-8-10-13/h2-8H,1H3,(H,23,24);6-10,12H,11H2,1-5H3/t8-;/m0./s1. The predicted octanol–water partition coefficient (Wildman–Crippen LogP) is 8.90. The van der Waals surface area contributed by atoms with Gasteiger partial charge in [-0.1, -0.05) is 74.3 Å². The van der Waals surface area contributed by atoms with E-state index in [1.807, 2.05) is 43.9 Å². The Morgan fingerprint density at radius 3 is 2.00 bits per heavy atom. The van der Waals surface area contributed by atoms with Crippen LogP contribution in [0, 0.1) is 5.41 Å². The molecule has 12 heteroatoms. The average Bonchev–Trinajstić information content (AvgIpc) is 2.93. The fourth-order valence-corrected chi connectivity index (χ4v) is 4.00. The Morgan fingerprint density at radius 1 is 0.886 bits per heavy atom. The molecule has 0 fully saturated rings. The Kier molecular flexibility index (Phi) is 12.7. The Balaban J connectivity index is 0.000000342. The number of benzene rings is 3. The summed E-state index contributed by atoms with van der Waals surface area (Å²) in [6.07, 6.45) is -5.96. The number of carboxylic acid groups (broad SMARTS) is 1. The van der Waals surface area contributed by atoms with Crippen molar-refractivity contribution in [1.82, 2.24) is 4.90 Å². The van der Waals surface area contributed by atoms with Crippen LogP contribution in [-0.2, 0) is 27.0 Å². The van der Waals surface area contributed by atoms with Crippen molar-refractivity contribution in [3.05, 3.63) is 93.5 Å². The van der Waals surface area contributed by atoms with Crippen LogP contribution < -0.4 is 4.74 Å². The van der Waals surface area contributed by atoms with Crippen molar-refractivity contribution in [3.63, 3.8) is 0 Å². The SMILES string of the molecule is CC(C)N(Cc1ccccc1)C(=O)C(C)(C)C.C[C@H](OC(=O)c1cc(Oc2ccc(C(F)(F)F)cc2Cl)ccc1Cl)C(=O)O. The highest BCUT2D eigenvalue weighted by Gasteiger charge is 2.31. The third kappa shape index (κ3) is 10.7. The molecule has 0 aromatic heterocycles. The third-order valence-electron chi connectivity index (χ3n) is 6.00. The van der Waals surface area contributed by atoms with Gasteiger partial charge in [0.2, 0.25) is 5.91 Å². The van der Waals surface area contributed by atoms with Crippen molar-refractivity contribution in [2.45, 2.75) is 66.4 Å². The van der Waals surface area contributed by atoms with E-state index >= 15 is 0 Å². The van der Waals surface area contributed by atoms with Gasteiger partial charge in [-0.05, 0) is 62.7 Å². The first-order valence-corrected chi connectivity index (χ1v) is 14.2. The van der Waals surface area contributed by atoms with Crippen LogP contribution in [0.4, 0.5) is 13.2 Å². The molecular formula is C32H34Cl2F3NO6. The van der Waals surface area contributed by atoms with Crippen LogP contribution in [0.1, 0.15) is 63.0 Å². The number of hydrogen-bond acceptors (Lipinski definition) is 5. The maximum Gasteiger partial charge on any atom is 0.416 e. The van der Waals surface area contributed by atoms with Crippen molar-refractivity contribution >= 4 is 41.0 Å². The van der Waals surface area contributed by atoms with Crippen LogP contribution in [0.5, 0.6) is 11.5 Å². The lowest BCUT2D eigenvalue weighted by Crippen LogP contribution is -2.43. The second-order valence-electron chi connectivity index (χ2n) is 11.0. The van der Waals surface area contributed by atoms with Gasteiger partial charge in [-0.15, -0.1) is 0 Å². The molecule has 1 amide bonds. The van der Waals surface area contributed by atoms with Crippen molar-refractivity contribution in [2.24, 2.45) is 5.41 Å². The number of carbonyl (C=O) groups excluding carboxylic acids is 2. The van der Waals surface area contributed by atoms with E-state index in [1.165, 1.54) is 17.7 Å². The van der Waals surface area contributed by atoms with Gasteiger partial charge in [0.1, 0.15) is 11.5 Å². The summed E-state index contributed by atoms with van der Waals surface area (Å²) >= 11 is 11.7. The van der Waals surface area contributed by atoms with E-state index in [4.69, 9.17) is 37.8 Å². The molecule has 0 heterocycles. The summed E-state index contributed by atoms with van der Waals surface area (Å²) in [4.78, 5) is 37.1. The fourth-order valence-electron chi connectivity index (χ4n) is 3.59. The summed E-state index contributed by atoms with van der Waals surface area (Å²) in [6, 6.07) is 16.7. The lowest BCUT2D eigenvalue weighted by Gasteiger charge is -2.32. The molecule has 0 aliphatic carbocycles. The van der Waals surface area contributed by atoms with Crippen molar-refractivity contribution in [2.75, 3.05) is 0 Å². The van der Waals surface area contributed by atoms with Crippen LogP contribution in [0.25, 0.3) is 0 Å². The second-order valence-corrected chi connectivity index (χ2v) is 11.8. The zero-order valence-corrected chi connectivity index (χ0v) is 26.6. The molecule has 3 aromatic carbocycles. The number of carbonyl (C=O) groups is 3. The summed E-state index contributed by atoms with van der Waals surface area (Å²) in [5.74, 6) is -2.18. The number of amides is 1. The van der Waals surface area contributed by atoms with Gasteiger partial charge >= 0.3 is 18.1 Å². The topological polar surface area (TPSA) is 93.1 Å². The van der Waals surface area contributed by atoms with Crippen LogP contribution in [0.3, 0.4) is 0 Å². The Morgan fingerprint density at radius 2 is 1.50 bits per heavy atom. The Hall–Kier alpha value is -3.76. The van der Waals surface area contributed by atoms with Crippen LogP contribution in [0.2, 0.25) is 10.0 Å². The smallest absolute Gasteiger partial charge is 0.416 e. The van der Waals surface area contributed by atoms with Crippen LogP contribution >= 0.6 is 23.2 Å². The number of halogens is 5. The molecule has 44 heavy (non-hydrogen) atoms. The third-order valence-corrected chi connectivity index (χ3v) is 6.62. The molecule has 0 bridgehead atoms. The van der Waals surface area contributed by atoms with E-state index in [2.05, 4.69) is 26.0 Å². The molecule has 7 nitrogen and oxygen atoms in total. The number of esters is 1. The number of hydrogen-bond donors (Lipinski definition) is 1. The molecule has 3 aromatic rings. The highest BCUT2D eigenvalue weighted by Crippen LogP contribution is 2.37. The van der Waals surface area contributed by atoms with Gasteiger partial charge in [0.15, 0.2) is 6.10 Å². The normalized spacial score (nSPS) is 12.1. The number of nitrogens with zero attached hydrogens (tertiary/aromatic N) is 1. The first-order chi connectivity index (χ1) is 20.3. The fraction of sp³-hybridized carbons (Fsp3) is 0.344. The zero-order chi connectivity index (χ0) is 33.4. The minimum absolute atomic E-state index is 0.0246. The largest absolute Gasteiger partial charge is 0.479 e. The molecule has 0 aliphatic rings. The van der Waals surface area contributed by atoms with E-state index in [1.54, 1.807) is 0 Å². The van der Waals surface area contributed by atoms with Gasteiger partial charge in [-0.2, -0.15) is 13.2 Å².